The molecule has 6 heteroatoms. The second kappa shape index (κ2) is 9.20. The Labute approximate surface area is 118 Å². The minimum Gasteiger partial charge on any atom is -0.480 e. The summed E-state index contributed by atoms with van der Waals surface area (Å²) < 4.78 is 5.55. The molecular formula is C13H23NO4S. The first-order valence-electron chi connectivity index (χ1n) is 6.76. The van der Waals surface area contributed by atoms with E-state index >= 15 is 0 Å². The van der Waals surface area contributed by atoms with Crippen LogP contribution in [0.4, 0.5) is 0 Å². The number of rotatable bonds is 8. The maximum Gasteiger partial charge on any atom is 0.326 e. The Morgan fingerprint density at radius 3 is 2.84 bits per heavy atom. The van der Waals surface area contributed by atoms with E-state index in [4.69, 9.17) is 9.84 Å². The van der Waals surface area contributed by atoms with Gasteiger partial charge in [-0.25, -0.2) is 4.79 Å². The summed E-state index contributed by atoms with van der Waals surface area (Å²) in [5, 5.41) is 11.6. The molecule has 5 nitrogen and oxygen atoms in total. The molecule has 0 aromatic carbocycles. The molecule has 110 valence electrons. The number of carbonyl (C=O) groups excluding carboxylic acids is 1. The van der Waals surface area contributed by atoms with E-state index in [0.29, 0.717) is 19.3 Å². The standard InChI is InChI=1S/C13H23NO4S/c1-19-9-7-11(13(16)17)14-12(15)6-5-10-4-2-3-8-18-10/h10-11H,2-9H2,1H3,(H,14,15)(H,16,17)/t10?,11-/m0/s1. The summed E-state index contributed by atoms with van der Waals surface area (Å²) in [5.41, 5.74) is 0. The molecule has 0 aromatic heterocycles. The average molecular weight is 289 g/mol. The number of nitrogens with one attached hydrogen (secondary N) is 1. The van der Waals surface area contributed by atoms with Crippen LogP contribution >= 0.6 is 11.8 Å². The number of hydrogen-bond donors (Lipinski definition) is 2. The van der Waals surface area contributed by atoms with Crippen molar-refractivity contribution < 1.29 is 19.4 Å². The molecule has 1 saturated heterocycles. The van der Waals surface area contributed by atoms with Gasteiger partial charge in [0.25, 0.3) is 0 Å². The molecular weight excluding hydrogens is 266 g/mol. The summed E-state index contributed by atoms with van der Waals surface area (Å²) in [6.45, 7) is 0.776. The smallest absolute Gasteiger partial charge is 0.326 e. The van der Waals surface area contributed by atoms with E-state index in [-0.39, 0.29) is 12.0 Å². The van der Waals surface area contributed by atoms with Gasteiger partial charge in [-0.1, -0.05) is 0 Å². The number of ether oxygens (including phenoxy) is 1. The largest absolute Gasteiger partial charge is 0.480 e. The molecule has 0 radical (unpaired) electrons. The molecule has 1 rings (SSSR count). The fourth-order valence-electron chi connectivity index (χ4n) is 2.09. The molecule has 1 unspecified atom stereocenters. The Morgan fingerprint density at radius 1 is 1.47 bits per heavy atom. The molecule has 0 aromatic rings. The second-order valence-electron chi connectivity index (χ2n) is 4.77. The van der Waals surface area contributed by atoms with Crippen LogP contribution in [0.15, 0.2) is 0 Å². The first-order valence-corrected chi connectivity index (χ1v) is 8.15. The number of carbonyl (C=O) groups is 2. The van der Waals surface area contributed by atoms with E-state index in [1.54, 1.807) is 11.8 Å². The molecule has 0 aliphatic carbocycles. The maximum atomic E-state index is 11.7. The van der Waals surface area contributed by atoms with E-state index in [2.05, 4.69) is 5.32 Å². The molecule has 1 fully saturated rings. The van der Waals surface area contributed by atoms with E-state index < -0.39 is 12.0 Å². The van der Waals surface area contributed by atoms with Crippen molar-refractivity contribution in [1.82, 2.24) is 5.32 Å². The molecule has 2 N–H and O–H groups in total. The highest BCUT2D eigenvalue weighted by molar-refractivity contribution is 7.98. The van der Waals surface area contributed by atoms with Gasteiger partial charge < -0.3 is 15.2 Å². The van der Waals surface area contributed by atoms with Gasteiger partial charge in [0.1, 0.15) is 6.04 Å². The van der Waals surface area contributed by atoms with Crippen molar-refractivity contribution in [1.29, 1.82) is 0 Å². The van der Waals surface area contributed by atoms with Gasteiger partial charge in [-0.3, -0.25) is 4.79 Å². The zero-order chi connectivity index (χ0) is 14.1. The fraction of sp³-hybridized carbons (Fsp3) is 0.846. The second-order valence-corrected chi connectivity index (χ2v) is 5.75. The van der Waals surface area contributed by atoms with Crippen molar-refractivity contribution in [3.63, 3.8) is 0 Å². The Morgan fingerprint density at radius 2 is 2.26 bits per heavy atom. The Bertz CT molecular complexity index is 292. The normalized spacial score (nSPS) is 20.8. The van der Waals surface area contributed by atoms with Gasteiger partial charge in [0, 0.05) is 13.0 Å². The van der Waals surface area contributed by atoms with Gasteiger partial charge in [-0.2, -0.15) is 11.8 Å². The number of carboxylic acid groups (broad SMARTS) is 1. The molecule has 1 heterocycles. The number of carboxylic acids is 1. The molecule has 0 spiro atoms. The van der Waals surface area contributed by atoms with E-state index in [1.807, 2.05) is 6.26 Å². The van der Waals surface area contributed by atoms with Crippen molar-refractivity contribution in [2.24, 2.45) is 0 Å². The summed E-state index contributed by atoms with van der Waals surface area (Å²) in [6.07, 6.45) is 6.81. The summed E-state index contributed by atoms with van der Waals surface area (Å²) in [5.74, 6) is -0.429. The van der Waals surface area contributed by atoms with Crippen molar-refractivity contribution in [2.75, 3.05) is 18.6 Å². The van der Waals surface area contributed by atoms with Crippen molar-refractivity contribution in [3.05, 3.63) is 0 Å². The van der Waals surface area contributed by atoms with Crippen LogP contribution in [-0.2, 0) is 14.3 Å². The van der Waals surface area contributed by atoms with Crippen molar-refractivity contribution in [2.45, 2.75) is 50.7 Å². The van der Waals surface area contributed by atoms with Crippen LogP contribution < -0.4 is 5.32 Å². The Hall–Kier alpha value is -0.750. The Balaban J connectivity index is 2.25. The lowest BCUT2D eigenvalue weighted by atomic mass is 10.0. The first-order chi connectivity index (χ1) is 9.13. The topological polar surface area (TPSA) is 75.6 Å². The van der Waals surface area contributed by atoms with Crippen LogP contribution in [0.5, 0.6) is 0 Å². The number of aliphatic carboxylic acids is 1. The third-order valence-corrected chi connectivity index (χ3v) is 3.86. The van der Waals surface area contributed by atoms with Gasteiger partial charge in [0.15, 0.2) is 0 Å². The van der Waals surface area contributed by atoms with Gasteiger partial charge >= 0.3 is 5.97 Å². The van der Waals surface area contributed by atoms with Gasteiger partial charge in [-0.15, -0.1) is 0 Å². The average Bonchev–Trinajstić information content (AvgIpc) is 2.42. The Kier molecular flexibility index (Phi) is 7.90. The fourth-order valence-corrected chi connectivity index (χ4v) is 2.56. The van der Waals surface area contributed by atoms with Gasteiger partial charge in [0.05, 0.1) is 6.10 Å². The van der Waals surface area contributed by atoms with Crippen LogP contribution in [0.3, 0.4) is 0 Å². The van der Waals surface area contributed by atoms with Crippen LogP contribution in [0, 0.1) is 0 Å². The molecule has 1 amide bonds. The van der Waals surface area contributed by atoms with Crippen LogP contribution in [0.25, 0.3) is 0 Å². The molecule has 2 atom stereocenters. The molecule has 19 heavy (non-hydrogen) atoms. The lowest BCUT2D eigenvalue weighted by Gasteiger charge is -2.22. The summed E-state index contributed by atoms with van der Waals surface area (Å²) in [7, 11) is 0. The van der Waals surface area contributed by atoms with Crippen molar-refractivity contribution >= 4 is 23.6 Å². The minimum atomic E-state index is -0.962. The van der Waals surface area contributed by atoms with Gasteiger partial charge in [0.2, 0.25) is 5.91 Å². The number of amides is 1. The SMILES string of the molecule is CSCC[C@H](NC(=O)CCC1CCCCO1)C(=O)O. The highest BCUT2D eigenvalue weighted by Gasteiger charge is 2.20. The van der Waals surface area contributed by atoms with Crippen LogP contribution in [-0.4, -0.2) is 47.7 Å². The maximum absolute atomic E-state index is 11.7. The summed E-state index contributed by atoms with van der Waals surface area (Å²) in [6, 6.07) is -0.771. The predicted octanol–water partition coefficient (Wildman–Crippen LogP) is 1.66. The third-order valence-electron chi connectivity index (χ3n) is 3.21. The van der Waals surface area contributed by atoms with E-state index in [1.165, 1.54) is 0 Å². The molecule has 1 aliphatic rings. The molecule has 0 saturated carbocycles. The lowest BCUT2D eigenvalue weighted by Crippen LogP contribution is -2.41. The minimum absolute atomic E-state index is 0.161. The van der Waals surface area contributed by atoms with Crippen molar-refractivity contribution in [3.8, 4) is 0 Å². The predicted molar refractivity (Wildman–Crippen MR) is 75.4 cm³/mol. The first kappa shape index (κ1) is 16.3. The number of hydrogen-bond acceptors (Lipinski definition) is 4. The molecule has 1 aliphatic heterocycles. The quantitative estimate of drug-likeness (QED) is 0.711. The zero-order valence-electron chi connectivity index (χ0n) is 11.4. The third kappa shape index (κ3) is 6.82. The van der Waals surface area contributed by atoms with Crippen LogP contribution in [0.2, 0.25) is 0 Å². The zero-order valence-corrected chi connectivity index (χ0v) is 12.2. The summed E-state index contributed by atoms with van der Waals surface area (Å²) in [4.78, 5) is 22.7. The van der Waals surface area contributed by atoms with Crippen LogP contribution in [0.1, 0.15) is 38.5 Å². The number of thioether (sulfide) groups is 1. The van der Waals surface area contributed by atoms with Gasteiger partial charge in [-0.05, 0) is 44.1 Å². The highest BCUT2D eigenvalue weighted by atomic mass is 32.2. The molecule has 0 bridgehead atoms. The monoisotopic (exact) mass is 289 g/mol. The van der Waals surface area contributed by atoms with E-state index in [0.717, 1.165) is 31.6 Å². The lowest BCUT2D eigenvalue weighted by molar-refractivity contribution is -0.142. The van der Waals surface area contributed by atoms with E-state index in [9.17, 15) is 9.59 Å². The highest BCUT2D eigenvalue weighted by Crippen LogP contribution is 2.16. The summed E-state index contributed by atoms with van der Waals surface area (Å²) >= 11 is 1.58.